The maximum atomic E-state index is 12.2. The molecule has 3 N–H and O–H groups in total. The number of fused-ring (bicyclic) bond motifs is 1. The SMILES string of the molecule is CC(C)(C)c1ccc(C(=O)NCC(=O)NNC(=O)c2ccc3c(c2)OCCO3)cc1. The fourth-order valence-corrected chi connectivity index (χ4v) is 2.81. The molecule has 1 aliphatic rings. The van der Waals surface area contributed by atoms with Gasteiger partial charge in [0.15, 0.2) is 11.5 Å². The Balaban J connectivity index is 1.46. The summed E-state index contributed by atoms with van der Waals surface area (Å²) in [6.45, 7) is 6.86. The molecular weight excluding hydrogens is 386 g/mol. The highest BCUT2D eigenvalue weighted by Crippen LogP contribution is 2.30. The minimum Gasteiger partial charge on any atom is -0.486 e. The monoisotopic (exact) mass is 411 g/mol. The van der Waals surface area contributed by atoms with Gasteiger partial charge in [-0.3, -0.25) is 25.2 Å². The van der Waals surface area contributed by atoms with Crippen molar-refractivity contribution in [3.05, 3.63) is 59.2 Å². The van der Waals surface area contributed by atoms with Gasteiger partial charge in [0.05, 0.1) is 6.54 Å². The lowest BCUT2D eigenvalue weighted by molar-refractivity contribution is -0.120. The number of carbonyl (C=O) groups excluding carboxylic acids is 3. The summed E-state index contributed by atoms with van der Waals surface area (Å²) >= 11 is 0. The van der Waals surface area contributed by atoms with Crippen LogP contribution in [0.1, 0.15) is 47.1 Å². The van der Waals surface area contributed by atoms with E-state index in [0.717, 1.165) is 5.56 Å². The highest BCUT2D eigenvalue weighted by atomic mass is 16.6. The van der Waals surface area contributed by atoms with Crippen molar-refractivity contribution in [3.8, 4) is 11.5 Å². The molecule has 0 saturated carbocycles. The Morgan fingerprint density at radius 3 is 2.13 bits per heavy atom. The lowest BCUT2D eigenvalue weighted by Crippen LogP contribution is -2.46. The summed E-state index contributed by atoms with van der Waals surface area (Å²) in [6, 6.07) is 12.0. The molecule has 8 heteroatoms. The number of ether oxygens (including phenoxy) is 2. The quantitative estimate of drug-likeness (QED) is 0.667. The Hall–Kier alpha value is -3.55. The maximum Gasteiger partial charge on any atom is 0.269 e. The topological polar surface area (TPSA) is 106 Å². The predicted octanol–water partition coefficient (Wildman–Crippen LogP) is 1.95. The molecule has 0 radical (unpaired) electrons. The van der Waals surface area contributed by atoms with E-state index < -0.39 is 11.8 Å². The third kappa shape index (κ3) is 5.28. The summed E-state index contributed by atoms with van der Waals surface area (Å²) in [7, 11) is 0. The third-order valence-corrected chi connectivity index (χ3v) is 4.54. The molecule has 0 atom stereocenters. The molecule has 2 aromatic rings. The summed E-state index contributed by atoms with van der Waals surface area (Å²) < 4.78 is 10.8. The second kappa shape index (κ2) is 8.86. The first kappa shape index (κ1) is 21.2. The molecule has 0 aliphatic carbocycles. The number of hydrogen-bond acceptors (Lipinski definition) is 5. The van der Waals surface area contributed by atoms with E-state index in [2.05, 4.69) is 36.9 Å². The second-order valence-corrected chi connectivity index (χ2v) is 7.87. The molecule has 0 aromatic heterocycles. The first-order valence-electron chi connectivity index (χ1n) is 9.61. The van der Waals surface area contributed by atoms with Gasteiger partial charge in [-0.15, -0.1) is 0 Å². The van der Waals surface area contributed by atoms with Crippen molar-refractivity contribution >= 4 is 17.7 Å². The van der Waals surface area contributed by atoms with Crippen LogP contribution in [-0.2, 0) is 10.2 Å². The van der Waals surface area contributed by atoms with E-state index in [1.165, 1.54) is 0 Å². The van der Waals surface area contributed by atoms with Crippen LogP contribution in [0.15, 0.2) is 42.5 Å². The summed E-state index contributed by atoms with van der Waals surface area (Å²) in [5.41, 5.74) is 6.44. The van der Waals surface area contributed by atoms with Crippen LogP contribution in [-0.4, -0.2) is 37.5 Å². The number of rotatable bonds is 4. The van der Waals surface area contributed by atoms with E-state index in [1.807, 2.05) is 12.1 Å². The Bertz CT molecular complexity index is 948. The van der Waals surface area contributed by atoms with Gasteiger partial charge >= 0.3 is 0 Å². The number of nitrogens with one attached hydrogen (secondary N) is 3. The average molecular weight is 411 g/mol. The Kier molecular flexibility index (Phi) is 6.25. The van der Waals surface area contributed by atoms with Gasteiger partial charge in [0.2, 0.25) is 0 Å². The molecule has 0 fully saturated rings. The number of amides is 3. The third-order valence-electron chi connectivity index (χ3n) is 4.54. The highest BCUT2D eigenvalue weighted by Gasteiger charge is 2.16. The van der Waals surface area contributed by atoms with Crippen LogP contribution in [0.2, 0.25) is 0 Å². The number of benzene rings is 2. The molecule has 0 unspecified atom stereocenters. The summed E-state index contributed by atoms with van der Waals surface area (Å²) in [4.78, 5) is 36.3. The Morgan fingerprint density at radius 2 is 1.47 bits per heavy atom. The molecule has 0 bridgehead atoms. The van der Waals surface area contributed by atoms with Crippen LogP contribution in [0.5, 0.6) is 11.5 Å². The summed E-state index contributed by atoms with van der Waals surface area (Å²) in [5.74, 6) is -0.390. The van der Waals surface area contributed by atoms with Gasteiger partial charge in [-0.25, -0.2) is 0 Å². The number of hydrogen-bond donors (Lipinski definition) is 3. The zero-order valence-corrected chi connectivity index (χ0v) is 17.2. The van der Waals surface area contributed by atoms with E-state index in [0.29, 0.717) is 35.8 Å². The minimum absolute atomic E-state index is 0.00962. The molecule has 3 rings (SSSR count). The molecule has 1 heterocycles. The van der Waals surface area contributed by atoms with E-state index >= 15 is 0 Å². The molecule has 2 aromatic carbocycles. The largest absolute Gasteiger partial charge is 0.486 e. The average Bonchev–Trinajstić information content (AvgIpc) is 2.74. The van der Waals surface area contributed by atoms with Gasteiger partial charge < -0.3 is 14.8 Å². The lowest BCUT2D eigenvalue weighted by Gasteiger charge is -2.19. The lowest BCUT2D eigenvalue weighted by atomic mass is 9.87. The molecule has 30 heavy (non-hydrogen) atoms. The van der Waals surface area contributed by atoms with Crippen LogP contribution in [0.3, 0.4) is 0 Å². The van der Waals surface area contributed by atoms with Crippen LogP contribution in [0, 0.1) is 0 Å². The smallest absolute Gasteiger partial charge is 0.269 e. The van der Waals surface area contributed by atoms with Crippen molar-refractivity contribution in [1.29, 1.82) is 0 Å². The molecule has 0 spiro atoms. The summed E-state index contributed by atoms with van der Waals surface area (Å²) in [6.07, 6.45) is 0. The minimum atomic E-state index is -0.555. The fourth-order valence-electron chi connectivity index (χ4n) is 2.81. The van der Waals surface area contributed by atoms with Crippen molar-refractivity contribution in [1.82, 2.24) is 16.2 Å². The molecular formula is C22H25N3O5. The van der Waals surface area contributed by atoms with Gasteiger partial charge in [0, 0.05) is 11.1 Å². The van der Waals surface area contributed by atoms with Crippen LogP contribution >= 0.6 is 0 Å². The zero-order valence-electron chi connectivity index (χ0n) is 17.2. The Morgan fingerprint density at radius 1 is 0.833 bits per heavy atom. The van der Waals surface area contributed by atoms with Gasteiger partial charge in [-0.1, -0.05) is 32.9 Å². The predicted molar refractivity (Wildman–Crippen MR) is 111 cm³/mol. The van der Waals surface area contributed by atoms with Gasteiger partial charge in [-0.05, 0) is 41.3 Å². The van der Waals surface area contributed by atoms with Crippen LogP contribution < -0.4 is 25.6 Å². The van der Waals surface area contributed by atoms with E-state index in [-0.39, 0.29) is 17.9 Å². The maximum absolute atomic E-state index is 12.2. The zero-order chi connectivity index (χ0) is 21.7. The second-order valence-electron chi connectivity index (χ2n) is 7.87. The molecule has 158 valence electrons. The fraction of sp³-hybridized carbons (Fsp3) is 0.318. The van der Waals surface area contributed by atoms with Gasteiger partial charge in [0.25, 0.3) is 17.7 Å². The van der Waals surface area contributed by atoms with Crippen molar-refractivity contribution in [2.45, 2.75) is 26.2 Å². The van der Waals surface area contributed by atoms with Crippen LogP contribution in [0.25, 0.3) is 0 Å². The van der Waals surface area contributed by atoms with Crippen LogP contribution in [0.4, 0.5) is 0 Å². The normalized spacial score (nSPS) is 12.6. The molecule has 3 amide bonds. The first-order chi connectivity index (χ1) is 14.2. The van der Waals surface area contributed by atoms with Gasteiger partial charge in [0.1, 0.15) is 13.2 Å². The standard InChI is InChI=1S/C22H25N3O5/c1-22(2,3)16-7-4-14(5-8-16)20(27)23-13-19(26)24-25-21(28)15-6-9-17-18(12-15)30-11-10-29-17/h4-9,12H,10-11,13H2,1-3H3,(H,23,27)(H,24,26)(H,25,28). The highest BCUT2D eigenvalue weighted by molar-refractivity contribution is 5.98. The van der Waals surface area contributed by atoms with Gasteiger partial charge in [-0.2, -0.15) is 0 Å². The summed E-state index contributed by atoms with van der Waals surface area (Å²) in [5, 5.41) is 2.52. The first-order valence-corrected chi connectivity index (χ1v) is 9.61. The van der Waals surface area contributed by atoms with Crippen molar-refractivity contribution < 1.29 is 23.9 Å². The van der Waals surface area contributed by atoms with Crippen molar-refractivity contribution in [2.75, 3.05) is 19.8 Å². The Labute approximate surface area is 174 Å². The van der Waals surface area contributed by atoms with E-state index in [1.54, 1.807) is 30.3 Å². The number of hydrazine groups is 1. The van der Waals surface area contributed by atoms with E-state index in [4.69, 9.17) is 9.47 Å². The number of carbonyl (C=O) groups is 3. The van der Waals surface area contributed by atoms with E-state index in [9.17, 15) is 14.4 Å². The van der Waals surface area contributed by atoms with Crippen molar-refractivity contribution in [3.63, 3.8) is 0 Å². The molecule has 0 saturated heterocycles. The van der Waals surface area contributed by atoms with Crippen molar-refractivity contribution in [2.24, 2.45) is 0 Å². The molecule has 1 aliphatic heterocycles. The molecule has 8 nitrogen and oxygen atoms in total.